The molecule has 0 bridgehead atoms. The zero-order valence-corrected chi connectivity index (χ0v) is 10.0. The normalized spacial score (nSPS) is 22.0. The minimum Gasteiger partial charge on any atom is -0.465 e. The molecule has 0 spiro atoms. The molecule has 0 saturated heterocycles. The number of carbonyl (C=O) groups excluding carboxylic acids is 1. The summed E-state index contributed by atoms with van der Waals surface area (Å²) in [4.78, 5) is 11.4. The van der Waals surface area contributed by atoms with Crippen molar-refractivity contribution in [2.24, 2.45) is 5.92 Å². The predicted octanol–water partition coefficient (Wildman–Crippen LogP) is 2.25. The SMILES string of the molecule is O=C(CCNC1CC1)OCC1CCCCC1. The number of ether oxygens (including phenoxy) is 1. The van der Waals surface area contributed by atoms with Gasteiger partial charge in [-0.15, -0.1) is 0 Å². The first kappa shape index (κ1) is 11.9. The molecular weight excluding hydrogens is 202 g/mol. The van der Waals surface area contributed by atoms with Gasteiger partial charge >= 0.3 is 5.97 Å². The molecule has 0 radical (unpaired) electrons. The van der Waals surface area contributed by atoms with Crippen LogP contribution in [-0.2, 0) is 9.53 Å². The van der Waals surface area contributed by atoms with Crippen molar-refractivity contribution in [3.05, 3.63) is 0 Å². The van der Waals surface area contributed by atoms with Crippen LogP contribution < -0.4 is 5.32 Å². The van der Waals surface area contributed by atoms with E-state index < -0.39 is 0 Å². The van der Waals surface area contributed by atoms with E-state index in [0.29, 0.717) is 25.0 Å². The molecule has 2 aliphatic carbocycles. The standard InChI is InChI=1S/C13H23NO2/c15-13(8-9-14-12-6-7-12)16-10-11-4-2-1-3-5-11/h11-12,14H,1-10H2. The Balaban J connectivity index is 1.48. The average molecular weight is 225 g/mol. The first-order chi connectivity index (χ1) is 7.84. The van der Waals surface area contributed by atoms with Crippen LogP contribution in [0, 0.1) is 5.92 Å². The third-order valence-corrected chi connectivity index (χ3v) is 3.54. The van der Waals surface area contributed by atoms with Gasteiger partial charge in [0.2, 0.25) is 0 Å². The Morgan fingerprint density at radius 3 is 2.56 bits per heavy atom. The molecule has 0 atom stereocenters. The molecule has 2 rings (SSSR count). The van der Waals surface area contributed by atoms with Crippen LogP contribution in [-0.4, -0.2) is 25.2 Å². The Hall–Kier alpha value is -0.570. The van der Waals surface area contributed by atoms with Crippen LogP contribution in [0.4, 0.5) is 0 Å². The molecule has 0 aromatic carbocycles. The predicted molar refractivity (Wildman–Crippen MR) is 63.2 cm³/mol. The molecule has 2 aliphatic rings. The first-order valence-corrected chi connectivity index (χ1v) is 6.73. The Bertz CT molecular complexity index is 220. The molecule has 2 saturated carbocycles. The van der Waals surface area contributed by atoms with E-state index in [1.807, 2.05) is 0 Å². The molecule has 0 amide bonds. The van der Waals surface area contributed by atoms with Crippen molar-refractivity contribution < 1.29 is 9.53 Å². The molecule has 0 aliphatic heterocycles. The summed E-state index contributed by atoms with van der Waals surface area (Å²) in [7, 11) is 0. The minimum absolute atomic E-state index is 0.0290. The Morgan fingerprint density at radius 1 is 1.12 bits per heavy atom. The number of hydrogen-bond donors (Lipinski definition) is 1. The molecule has 0 unspecified atom stereocenters. The van der Waals surface area contributed by atoms with Gasteiger partial charge in [-0.2, -0.15) is 0 Å². The monoisotopic (exact) mass is 225 g/mol. The van der Waals surface area contributed by atoms with Gasteiger partial charge in [0.25, 0.3) is 0 Å². The number of esters is 1. The van der Waals surface area contributed by atoms with Gasteiger partial charge in [0.1, 0.15) is 0 Å². The fraction of sp³-hybridized carbons (Fsp3) is 0.923. The van der Waals surface area contributed by atoms with Crippen molar-refractivity contribution in [1.82, 2.24) is 5.32 Å². The molecule has 1 N–H and O–H groups in total. The highest BCUT2D eigenvalue weighted by atomic mass is 16.5. The third-order valence-electron chi connectivity index (χ3n) is 3.54. The topological polar surface area (TPSA) is 38.3 Å². The molecule has 2 fully saturated rings. The van der Waals surface area contributed by atoms with Gasteiger partial charge in [0, 0.05) is 12.6 Å². The summed E-state index contributed by atoms with van der Waals surface area (Å²) >= 11 is 0. The van der Waals surface area contributed by atoms with Crippen molar-refractivity contribution in [3.63, 3.8) is 0 Å². The largest absolute Gasteiger partial charge is 0.465 e. The molecular formula is C13H23NO2. The number of carbonyl (C=O) groups is 1. The van der Waals surface area contributed by atoms with Gasteiger partial charge in [-0.05, 0) is 31.6 Å². The molecule has 3 heteroatoms. The van der Waals surface area contributed by atoms with E-state index in [1.165, 1.54) is 44.9 Å². The van der Waals surface area contributed by atoms with Gasteiger partial charge in [-0.1, -0.05) is 19.3 Å². The molecule has 3 nitrogen and oxygen atoms in total. The lowest BCUT2D eigenvalue weighted by atomic mass is 9.90. The molecule has 16 heavy (non-hydrogen) atoms. The number of hydrogen-bond acceptors (Lipinski definition) is 3. The van der Waals surface area contributed by atoms with Crippen LogP contribution in [0.5, 0.6) is 0 Å². The van der Waals surface area contributed by atoms with Crippen LogP contribution >= 0.6 is 0 Å². The fourth-order valence-electron chi connectivity index (χ4n) is 2.30. The van der Waals surface area contributed by atoms with E-state index in [0.717, 1.165) is 6.54 Å². The maximum atomic E-state index is 11.4. The van der Waals surface area contributed by atoms with Crippen LogP contribution in [0.3, 0.4) is 0 Å². The summed E-state index contributed by atoms with van der Waals surface area (Å²) in [6.07, 6.45) is 9.55. The summed E-state index contributed by atoms with van der Waals surface area (Å²) in [5.41, 5.74) is 0. The van der Waals surface area contributed by atoms with E-state index in [4.69, 9.17) is 4.74 Å². The maximum Gasteiger partial charge on any atom is 0.307 e. The van der Waals surface area contributed by atoms with Crippen molar-refractivity contribution in [2.45, 2.75) is 57.4 Å². The summed E-state index contributed by atoms with van der Waals surface area (Å²) in [5, 5.41) is 3.32. The van der Waals surface area contributed by atoms with Crippen molar-refractivity contribution in [3.8, 4) is 0 Å². The number of nitrogens with one attached hydrogen (secondary N) is 1. The van der Waals surface area contributed by atoms with Gasteiger partial charge in [-0.25, -0.2) is 0 Å². The zero-order valence-electron chi connectivity index (χ0n) is 10.0. The summed E-state index contributed by atoms with van der Waals surface area (Å²) in [6, 6.07) is 0.686. The lowest BCUT2D eigenvalue weighted by Crippen LogP contribution is -2.23. The number of rotatable bonds is 6. The molecule has 92 valence electrons. The second-order valence-corrected chi connectivity index (χ2v) is 5.17. The van der Waals surface area contributed by atoms with Gasteiger partial charge in [-0.3, -0.25) is 4.79 Å². The summed E-state index contributed by atoms with van der Waals surface area (Å²) in [5.74, 6) is 0.604. The van der Waals surface area contributed by atoms with Crippen molar-refractivity contribution in [1.29, 1.82) is 0 Å². The van der Waals surface area contributed by atoms with Gasteiger partial charge < -0.3 is 10.1 Å². The average Bonchev–Trinajstić information content (AvgIpc) is 3.12. The Morgan fingerprint density at radius 2 is 1.88 bits per heavy atom. The first-order valence-electron chi connectivity index (χ1n) is 6.73. The highest BCUT2D eigenvalue weighted by molar-refractivity contribution is 5.69. The zero-order chi connectivity index (χ0) is 11.2. The van der Waals surface area contributed by atoms with Crippen molar-refractivity contribution in [2.75, 3.05) is 13.2 Å². The highest BCUT2D eigenvalue weighted by Gasteiger charge is 2.20. The van der Waals surface area contributed by atoms with Crippen molar-refractivity contribution >= 4 is 5.97 Å². The lowest BCUT2D eigenvalue weighted by molar-refractivity contribution is -0.145. The smallest absolute Gasteiger partial charge is 0.307 e. The van der Waals surface area contributed by atoms with E-state index >= 15 is 0 Å². The quantitative estimate of drug-likeness (QED) is 0.705. The van der Waals surface area contributed by atoms with Crippen LogP contribution in [0.25, 0.3) is 0 Å². The van der Waals surface area contributed by atoms with E-state index in [-0.39, 0.29) is 5.97 Å². The van der Waals surface area contributed by atoms with Gasteiger partial charge in [0.15, 0.2) is 0 Å². The highest BCUT2D eigenvalue weighted by Crippen LogP contribution is 2.23. The third kappa shape index (κ3) is 4.52. The Labute approximate surface area is 97.9 Å². The van der Waals surface area contributed by atoms with E-state index in [2.05, 4.69) is 5.32 Å². The van der Waals surface area contributed by atoms with Crippen LogP contribution in [0.2, 0.25) is 0 Å². The van der Waals surface area contributed by atoms with E-state index in [1.54, 1.807) is 0 Å². The van der Waals surface area contributed by atoms with Crippen LogP contribution in [0.1, 0.15) is 51.4 Å². The van der Waals surface area contributed by atoms with Crippen LogP contribution in [0.15, 0.2) is 0 Å². The minimum atomic E-state index is -0.0290. The fourth-order valence-corrected chi connectivity index (χ4v) is 2.30. The van der Waals surface area contributed by atoms with E-state index in [9.17, 15) is 4.79 Å². The molecule has 0 aromatic heterocycles. The molecule has 0 heterocycles. The Kier molecular flexibility index (Phi) is 4.64. The second-order valence-electron chi connectivity index (χ2n) is 5.17. The second kappa shape index (κ2) is 6.24. The maximum absolute atomic E-state index is 11.4. The molecule has 0 aromatic rings. The van der Waals surface area contributed by atoms with Gasteiger partial charge in [0.05, 0.1) is 13.0 Å². The summed E-state index contributed by atoms with van der Waals surface area (Å²) in [6.45, 7) is 1.44. The lowest BCUT2D eigenvalue weighted by Gasteiger charge is -2.21. The summed E-state index contributed by atoms with van der Waals surface area (Å²) < 4.78 is 5.30.